The monoisotopic (exact) mass is 280 g/mol. The van der Waals surface area contributed by atoms with Gasteiger partial charge >= 0.3 is 0 Å². The summed E-state index contributed by atoms with van der Waals surface area (Å²) in [5.74, 6) is 0.890. The number of ether oxygens (including phenoxy) is 1. The molecule has 0 heterocycles. The van der Waals surface area contributed by atoms with Gasteiger partial charge in [-0.05, 0) is 73.1 Å². The lowest BCUT2D eigenvalue weighted by atomic mass is 10.1. The third kappa shape index (κ3) is 2.85. The Kier molecular flexibility index (Phi) is 3.78. The standard InChI is InChI=1S/C19H20O2/c1-13-8-16(11-20)9-14(2)19(13)21-12-15-6-7-17-4-3-5-18(17)10-15/h6-11H,3-5,12H2,1-2H3. The maximum atomic E-state index is 10.9. The van der Waals surface area contributed by atoms with E-state index in [1.165, 1.54) is 36.0 Å². The minimum absolute atomic E-state index is 0.579. The summed E-state index contributed by atoms with van der Waals surface area (Å²) in [7, 11) is 0. The molecular weight excluding hydrogens is 260 g/mol. The lowest BCUT2D eigenvalue weighted by Crippen LogP contribution is -2.01. The van der Waals surface area contributed by atoms with Crippen LogP contribution in [-0.2, 0) is 19.4 Å². The summed E-state index contributed by atoms with van der Waals surface area (Å²) in [6.45, 7) is 4.55. The van der Waals surface area contributed by atoms with E-state index < -0.39 is 0 Å². The normalized spacial score (nSPS) is 13.0. The van der Waals surface area contributed by atoms with Crippen LogP contribution >= 0.6 is 0 Å². The summed E-state index contributed by atoms with van der Waals surface area (Å²) in [5.41, 5.74) is 6.91. The zero-order valence-electron chi connectivity index (χ0n) is 12.6. The van der Waals surface area contributed by atoms with Crippen LogP contribution in [0, 0.1) is 13.8 Å². The Labute approximate surface area is 125 Å². The van der Waals surface area contributed by atoms with Gasteiger partial charge in [-0.3, -0.25) is 4.79 Å². The molecule has 0 N–H and O–H groups in total. The van der Waals surface area contributed by atoms with Crippen molar-refractivity contribution in [3.63, 3.8) is 0 Å². The van der Waals surface area contributed by atoms with Crippen molar-refractivity contribution in [1.29, 1.82) is 0 Å². The van der Waals surface area contributed by atoms with Crippen molar-refractivity contribution in [3.05, 3.63) is 63.7 Å². The number of benzene rings is 2. The Balaban J connectivity index is 1.77. The first kappa shape index (κ1) is 13.9. The highest BCUT2D eigenvalue weighted by atomic mass is 16.5. The summed E-state index contributed by atoms with van der Waals surface area (Å²) < 4.78 is 6.00. The SMILES string of the molecule is Cc1cc(C=O)cc(C)c1OCc1ccc2c(c1)CCC2. The van der Waals surface area contributed by atoms with Crippen LogP contribution in [0.2, 0.25) is 0 Å². The number of aldehydes is 1. The van der Waals surface area contributed by atoms with Gasteiger partial charge in [0, 0.05) is 5.56 Å². The molecule has 0 saturated carbocycles. The highest BCUT2D eigenvalue weighted by Crippen LogP contribution is 2.27. The number of rotatable bonds is 4. The number of hydrogen-bond acceptors (Lipinski definition) is 2. The number of fused-ring (bicyclic) bond motifs is 1. The number of hydrogen-bond donors (Lipinski definition) is 0. The zero-order valence-corrected chi connectivity index (χ0v) is 12.6. The topological polar surface area (TPSA) is 26.3 Å². The van der Waals surface area contributed by atoms with E-state index in [1.54, 1.807) is 0 Å². The van der Waals surface area contributed by atoms with E-state index in [2.05, 4.69) is 18.2 Å². The molecule has 2 heteroatoms. The van der Waals surface area contributed by atoms with Gasteiger partial charge in [0.05, 0.1) is 0 Å². The van der Waals surface area contributed by atoms with Crippen LogP contribution in [0.15, 0.2) is 30.3 Å². The molecular formula is C19H20O2. The van der Waals surface area contributed by atoms with Crippen molar-refractivity contribution in [2.75, 3.05) is 0 Å². The molecule has 0 unspecified atom stereocenters. The van der Waals surface area contributed by atoms with Crippen molar-refractivity contribution in [1.82, 2.24) is 0 Å². The van der Waals surface area contributed by atoms with Crippen molar-refractivity contribution in [2.24, 2.45) is 0 Å². The molecule has 2 aromatic rings. The smallest absolute Gasteiger partial charge is 0.150 e. The van der Waals surface area contributed by atoms with E-state index in [9.17, 15) is 4.79 Å². The molecule has 0 aliphatic heterocycles. The lowest BCUT2D eigenvalue weighted by molar-refractivity contribution is 0.112. The van der Waals surface area contributed by atoms with E-state index in [0.29, 0.717) is 12.2 Å². The first-order valence-electron chi connectivity index (χ1n) is 7.47. The Morgan fingerprint density at radius 3 is 2.48 bits per heavy atom. The number of aryl methyl sites for hydroxylation is 4. The van der Waals surface area contributed by atoms with E-state index in [4.69, 9.17) is 4.74 Å². The molecule has 1 aliphatic carbocycles. The summed E-state index contributed by atoms with van der Waals surface area (Å²) in [6.07, 6.45) is 4.55. The highest BCUT2D eigenvalue weighted by Gasteiger charge is 2.12. The molecule has 21 heavy (non-hydrogen) atoms. The molecule has 0 atom stereocenters. The average Bonchev–Trinajstić information content (AvgIpc) is 2.93. The van der Waals surface area contributed by atoms with Gasteiger partial charge in [0.15, 0.2) is 0 Å². The van der Waals surface area contributed by atoms with Crippen molar-refractivity contribution in [3.8, 4) is 5.75 Å². The Bertz CT molecular complexity index is 663. The summed E-state index contributed by atoms with van der Waals surface area (Å²) in [6, 6.07) is 10.4. The van der Waals surface area contributed by atoms with Crippen LogP contribution in [0.1, 0.15) is 44.6 Å². The maximum Gasteiger partial charge on any atom is 0.150 e. The number of carbonyl (C=O) groups excluding carboxylic acids is 1. The molecule has 0 bridgehead atoms. The first-order valence-corrected chi connectivity index (χ1v) is 7.47. The van der Waals surface area contributed by atoms with Crippen LogP contribution in [0.5, 0.6) is 5.75 Å². The van der Waals surface area contributed by atoms with E-state index in [-0.39, 0.29) is 0 Å². The van der Waals surface area contributed by atoms with Crippen LogP contribution in [-0.4, -0.2) is 6.29 Å². The quantitative estimate of drug-likeness (QED) is 0.785. The summed E-state index contributed by atoms with van der Waals surface area (Å²) >= 11 is 0. The van der Waals surface area contributed by atoms with Gasteiger partial charge in [-0.25, -0.2) is 0 Å². The third-order valence-corrected chi connectivity index (χ3v) is 4.16. The lowest BCUT2D eigenvalue weighted by Gasteiger charge is -2.13. The molecule has 0 fully saturated rings. The Morgan fingerprint density at radius 2 is 1.76 bits per heavy atom. The van der Waals surface area contributed by atoms with Gasteiger partial charge in [-0.2, -0.15) is 0 Å². The molecule has 3 rings (SSSR count). The van der Waals surface area contributed by atoms with Crippen molar-refractivity contribution < 1.29 is 9.53 Å². The molecule has 2 aromatic carbocycles. The predicted molar refractivity (Wildman–Crippen MR) is 84.1 cm³/mol. The van der Waals surface area contributed by atoms with Crippen LogP contribution in [0.3, 0.4) is 0 Å². The largest absolute Gasteiger partial charge is 0.488 e. The molecule has 2 nitrogen and oxygen atoms in total. The summed E-state index contributed by atoms with van der Waals surface area (Å²) in [5, 5.41) is 0. The molecule has 0 aromatic heterocycles. The fourth-order valence-electron chi connectivity index (χ4n) is 3.15. The molecule has 0 saturated heterocycles. The Hall–Kier alpha value is -2.09. The maximum absolute atomic E-state index is 10.9. The van der Waals surface area contributed by atoms with Crippen molar-refractivity contribution >= 4 is 6.29 Å². The molecule has 108 valence electrons. The molecule has 0 spiro atoms. The molecule has 1 aliphatic rings. The van der Waals surface area contributed by atoms with Gasteiger partial charge < -0.3 is 4.74 Å². The van der Waals surface area contributed by atoms with Gasteiger partial charge in [0.1, 0.15) is 18.6 Å². The van der Waals surface area contributed by atoms with E-state index in [1.807, 2.05) is 26.0 Å². The second-order valence-corrected chi connectivity index (χ2v) is 5.85. The second kappa shape index (κ2) is 5.72. The minimum Gasteiger partial charge on any atom is -0.488 e. The zero-order chi connectivity index (χ0) is 14.8. The Morgan fingerprint density at radius 1 is 1.05 bits per heavy atom. The fourth-order valence-corrected chi connectivity index (χ4v) is 3.15. The van der Waals surface area contributed by atoms with Crippen LogP contribution in [0.4, 0.5) is 0 Å². The van der Waals surface area contributed by atoms with Gasteiger partial charge in [-0.15, -0.1) is 0 Å². The van der Waals surface area contributed by atoms with Crippen LogP contribution < -0.4 is 4.74 Å². The van der Waals surface area contributed by atoms with E-state index in [0.717, 1.165) is 23.2 Å². The number of carbonyl (C=O) groups is 1. The van der Waals surface area contributed by atoms with Gasteiger partial charge in [0.2, 0.25) is 0 Å². The molecule has 0 amide bonds. The first-order chi connectivity index (χ1) is 10.2. The van der Waals surface area contributed by atoms with Crippen LogP contribution in [0.25, 0.3) is 0 Å². The second-order valence-electron chi connectivity index (χ2n) is 5.85. The van der Waals surface area contributed by atoms with Crippen molar-refractivity contribution in [2.45, 2.75) is 39.7 Å². The van der Waals surface area contributed by atoms with Gasteiger partial charge in [-0.1, -0.05) is 18.2 Å². The third-order valence-electron chi connectivity index (χ3n) is 4.16. The van der Waals surface area contributed by atoms with E-state index >= 15 is 0 Å². The minimum atomic E-state index is 0.579. The average molecular weight is 280 g/mol. The fraction of sp³-hybridized carbons (Fsp3) is 0.316. The summed E-state index contributed by atoms with van der Waals surface area (Å²) in [4.78, 5) is 10.9. The molecule has 0 radical (unpaired) electrons. The predicted octanol–water partition coefficient (Wildman–Crippen LogP) is 4.18. The van der Waals surface area contributed by atoms with Gasteiger partial charge in [0.25, 0.3) is 0 Å². The highest BCUT2D eigenvalue weighted by molar-refractivity contribution is 5.76.